The molecular weight excluding hydrogens is 328 g/mol. The minimum atomic E-state index is 0.178. The van der Waals surface area contributed by atoms with Crippen LogP contribution >= 0.6 is 15.9 Å². The standard InChI is InChI=1S/C18H21BrO2/c1-13-3-5-14(6-4-13)9-15(12-20)10-16-11-17(21-2)7-8-18(16)19/h3-8,11,15,20H,9-10,12H2,1-2H3. The molecule has 3 heteroatoms. The third-order valence-electron chi connectivity index (χ3n) is 3.66. The van der Waals surface area contributed by atoms with Crippen LogP contribution in [0.25, 0.3) is 0 Å². The monoisotopic (exact) mass is 348 g/mol. The fourth-order valence-electron chi connectivity index (χ4n) is 2.40. The van der Waals surface area contributed by atoms with Gasteiger partial charge >= 0.3 is 0 Å². The summed E-state index contributed by atoms with van der Waals surface area (Å²) in [5.41, 5.74) is 3.69. The molecule has 112 valence electrons. The van der Waals surface area contributed by atoms with Gasteiger partial charge in [-0.05, 0) is 55.0 Å². The quantitative estimate of drug-likeness (QED) is 0.849. The molecule has 0 bridgehead atoms. The van der Waals surface area contributed by atoms with Crippen molar-refractivity contribution in [1.29, 1.82) is 0 Å². The zero-order valence-electron chi connectivity index (χ0n) is 12.5. The maximum absolute atomic E-state index is 9.67. The normalized spacial score (nSPS) is 12.2. The average Bonchev–Trinajstić information content (AvgIpc) is 2.50. The Morgan fingerprint density at radius 2 is 1.81 bits per heavy atom. The van der Waals surface area contributed by atoms with Gasteiger partial charge in [0.2, 0.25) is 0 Å². The molecule has 2 rings (SSSR count). The van der Waals surface area contributed by atoms with Crippen molar-refractivity contribution in [1.82, 2.24) is 0 Å². The van der Waals surface area contributed by atoms with Crippen LogP contribution in [0.15, 0.2) is 46.9 Å². The number of aliphatic hydroxyl groups excluding tert-OH is 1. The van der Waals surface area contributed by atoms with Crippen molar-refractivity contribution in [2.75, 3.05) is 13.7 Å². The van der Waals surface area contributed by atoms with Crippen molar-refractivity contribution >= 4 is 15.9 Å². The van der Waals surface area contributed by atoms with Gasteiger partial charge in [0.15, 0.2) is 0 Å². The Bertz CT molecular complexity index is 578. The first kappa shape index (κ1) is 16.1. The summed E-state index contributed by atoms with van der Waals surface area (Å²) < 4.78 is 6.33. The number of hydrogen-bond donors (Lipinski definition) is 1. The zero-order valence-corrected chi connectivity index (χ0v) is 14.1. The smallest absolute Gasteiger partial charge is 0.119 e. The fraction of sp³-hybridized carbons (Fsp3) is 0.333. The highest BCUT2D eigenvalue weighted by Gasteiger charge is 2.12. The van der Waals surface area contributed by atoms with E-state index < -0.39 is 0 Å². The first-order valence-electron chi connectivity index (χ1n) is 7.11. The summed E-state index contributed by atoms with van der Waals surface area (Å²) in [6.07, 6.45) is 1.70. The number of aliphatic hydroxyl groups is 1. The van der Waals surface area contributed by atoms with Crippen molar-refractivity contribution in [3.05, 3.63) is 63.6 Å². The molecule has 1 unspecified atom stereocenters. The molecule has 0 fully saturated rings. The summed E-state index contributed by atoms with van der Waals surface area (Å²) in [7, 11) is 1.67. The second-order valence-corrected chi connectivity index (χ2v) is 6.25. The van der Waals surface area contributed by atoms with E-state index in [-0.39, 0.29) is 12.5 Å². The molecular formula is C18H21BrO2. The maximum Gasteiger partial charge on any atom is 0.119 e. The van der Waals surface area contributed by atoms with E-state index in [1.54, 1.807) is 7.11 Å². The predicted octanol–water partition coefficient (Wildman–Crippen LogP) is 4.16. The summed E-state index contributed by atoms with van der Waals surface area (Å²) in [5, 5.41) is 9.67. The lowest BCUT2D eigenvalue weighted by Crippen LogP contribution is -2.13. The topological polar surface area (TPSA) is 29.5 Å². The van der Waals surface area contributed by atoms with Crippen LogP contribution in [0.1, 0.15) is 16.7 Å². The fourth-order valence-corrected chi connectivity index (χ4v) is 2.81. The van der Waals surface area contributed by atoms with Crippen molar-refractivity contribution in [3.63, 3.8) is 0 Å². The van der Waals surface area contributed by atoms with E-state index >= 15 is 0 Å². The van der Waals surface area contributed by atoms with Crippen LogP contribution in [0.3, 0.4) is 0 Å². The molecule has 0 amide bonds. The molecule has 0 spiro atoms. The molecule has 0 saturated carbocycles. The number of aryl methyl sites for hydroxylation is 1. The summed E-state index contributed by atoms with van der Waals surface area (Å²) in [5.74, 6) is 1.05. The molecule has 1 atom stereocenters. The second-order valence-electron chi connectivity index (χ2n) is 5.40. The molecule has 0 aliphatic carbocycles. The highest BCUT2D eigenvalue weighted by molar-refractivity contribution is 9.10. The molecule has 2 aromatic carbocycles. The maximum atomic E-state index is 9.67. The molecule has 0 saturated heterocycles. The van der Waals surface area contributed by atoms with Gasteiger partial charge in [0.05, 0.1) is 7.11 Å². The third-order valence-corrected chi connectivity index (χ3v) is 4.44. The number of ether oxygens (including phenoxy) is 1. The lowest BCUT2D eigenvalue weighted by atomic mass is 9.93. The third kappa shape index (κ3) is 4.58. The van der Waals surface area contributed by atoms with Crippen molar-refractivity contribution in [2.45, 2.75) is 19.8 Å². The summed E-state index contributed by atoms with van der Waals surface area (Å²) in [4.78, 5) is 0. The number of hydrogen-bond acceptors (Lipinski definition) is 2. The molecule has 1 N–H and O–H groups in total. The number of halogens is 1. The first-order chi connectivity index (χ1) is 10.1. The van der Waals surface area contributed by atoms with Crippen molar-refractivity contribution in [3.8, 4) is 5.75 Å². The van der Waals surface area contributed by atoms with E-state index in [0.29, 0.717) is 0 Å². The van der Waals surface area contributed by atoms with Crippen LogP contribution in [0.4, 0.5) is 0 Å². The number of benzene rings is 2. The summed E-state index contributed by atoms with van der Waals surface area (Å²) in [6.45, 7) is 2.26. The van der Waals surface area contributed by atoms with E-state index in [1.807, 2.05) is 18.2 Å². The Balaban J connectivity index is 2.10. The van der Waals surface area contributed by atoms with Gasteiger partial charge in [0, 0.05) is 11.1 Å². The number of rotatable bonds is 6. The Hall–Kier alpha value is -1.32. The van der Waals surface area contributed by atoms with Gasteiger partial charge in [0.25, 0.3) is 0 Å². The molecule has 0 aliphatic rings. The highest BCUT2D eigenvalue weighted by atomic mass is 79.9. The molecule has 0 heterocycles. The molecule has 0 radical (unpaired) electrons. The second kappa shape index (κ2) is 7.62. The molecule has 2 aromatic rings. The average molecular weight is 349 g/mol. The molecule has 2 nitrogen and oxygen atoms in total. The minimum Gasteiger partial charge on any atom is -0.497 e. The largest absolute Gasteiger partial charge is 0.497 e. The van der Waals surface area contributed by atoms with Crippen molar-refractivity contribution < 1.29 is 9.84 Å². The molecule has 0 aliphatic heterocycles. The van der Waals surface area contributed by atoms with E-state index in [2.05, 4.69) is 47.1 Å². The van der Waals surface area contributed by atoms with Crippen LogP contribution in [0.5, 0.6) is 5.75 Å². The Labute approximate surface area is 134 Å². The Kier molecular flexibility index (Phi) is 5.83. The van der Waals surface area contributed by atoms with Gasteiger partial charge < -0.3 is 9.84 Å². The van der Waals surface area contributed by atoms with Gasteiger partial charge in [-0.3, -0.25) is 0 Å². The van der Waals surface area contributed by atoms with Gasteiger partial charge in [-0.1, -0.05) is 45.8 Å². The zero-order chi connectivity index (χ0) is 15.2. The van der Waals surface area contributed by atoms with Crippen LogP contribution in [0.2, 0.25) is 0 Å². The lowest BCUT2D eigenvalue weighted by molar-refractivity contribution is 0.224. The molecule has 21 heavy (non-hydrogen) atoms. The number of methoxy groups -OCH3 is 1. The lowest BCUT2D eigenvalue weighted by Gasteiger charge is -2.16. The van der Waals surface area contributed by atoms with Gasteiger partial charge in [0.1, 0.15) is 5.75 Å². The van der Waals surface area contributed by atoms with Crippen LogP contribution in [-0.4, -0.2) is 18.8 Å². The first-order valence-corrected chi connectivity index (χ1v) is 7.90. The Morgan fingerprint density at radius 3 is 2.43 bits per heavy atom. The van der Waals surface area contributed by atoms with Crippen LogP contribution < -0.4 is 4.74 Å². The Morgan fingerprint density at radius 1 is 1.10 bits per heavy atom. The summed E-state index contributed by atoms with van der Waals surface area (Å²) in [6, 6.07) is 14.5. The van der Waals surface area contributed by atoms with E-state index in [1.165, 1.54) is 16.7 Å². The SMILES string of the molecule is COc1ccc(Br)c(CC(CO)Cc2ccc(C)cc2)c1. The predicted molar refractivity (Wildman–Crippen MR) is 89.9 cm³/mol. The van der Waals surface area contributed by atoms with Crippen LogP contribution in [-0.2, 0) is 12.8 Å². The van der Waals surface area contributed by atoms with E-state index in [0.717, 1.165) is 23.1 Å². The van der Waals surface area contributed by atoms with Crippen molar-refractivity contribution in [2.24, 2.45) is 5.92 Å². The minimum absolute atomic E-state index is 0.178. The van der Waals surface area contributed by atoms with Gasteiger partial charge in [-0.2, -0.15) is 0 Å². The summed E-state index contributed by atoms with van der Waals surface area (Å²) >= 11 is 3.58. The van der Waals surface area contributed by atoms with E-state index in [9.17, 15) is 5.11 Å². The van der Waals surface area contributed by atoms with Gasteiger partial charge in [-0.15, -0.1) is 0 Å². The van der Waals surface area contributed by atoms with Crippen LogP contribution in [0, 0.1) is 12.8 Å². The molecule has 0 aromatic heterocycles. The van der Waals surface area contributed by atoms with E-state index in [4.69, 9.17) is 4.74 Å². The van der Waals surface area contributed by atoms with Gasteiger partial charge in [-0.25, -0.2) is 0 Å². The highest BCUT2D eigenvalue weighted by Crippen LogP contribution is 2.26.